The standard InChI is InChI=1S/C10H13BBrNO2/c12-10-3-1-9(2-4-10)11-13(5-7-14-11)6-8-15-11/h1-4,13H,5-8H2. The van der Waals surface area contributed by atoms with E-state index in [1.165, 1.54) is 10.3 Å². The summed E-state index contributed by atoms with van der Waals surface area (Å²) in [6.45, 7) is 2.52. The average molecular weight is 270 g/mol. The zero-order chi connectivity index (χ0) is 10.3. The molecule has 0 spiro atoms. The van der Waals surface area contributed by atoms with E-state index in [0.29, 0.717) is 0 Å². The Labute approximate surface area is 97.5 Å². The number of quaternary nitrogens is 1. The molecule has 1 aromatic carbocycles. The van der Waals surface area contributed by atoms with Crippen LogP contribution < -0.4 is 10.3 Å². The molecule has 0 saturated carbocycles. The minimum atomic E-state index is -1.23. The van der Waals surface area contributed by atoms with Crippen molar-refractivity contribution >= 4 is 28.1 Å². The van der Waals surface area contributed by atoms with Gasteiger partial charge in [0.1, 0.15) is 0 Å². The Morgan fingerprint density at radius 1 is 1.07 bits per heavy atom. The number of nitrogens with one attached hydrogen (secondary N) is 1. The first-order chi connectivity index (χ1) is 7.31. The molecule has 0 aromatic heterocycles. The zero-order valence-corrected chi connectivity index (χ0v) is 10.00. The van der Waals surface area contributed by atoms with Gasteiger partial charge in [0.2, 0.25) is 0 Å². The van der Waals surface area contributed by atoms with Gasteiger partial charge < -0.3 is 14.1 Å². The number of benzene rings is 1. The molecule has 2 aliphatic rings. The summed E-state index contributed by atoms with van der Waals surface area (Å²) < 4.78 is 12.9. The van der Waals surface area contributed by atoms with Crippen LogP contribution in [0.15, 0.2) is 28.7 Å². The van der Waals surface area contributed by atoms with Crippen molar-refractivity contribution in [3.8, 4) is 0 Å². The first kappa shape index (κ1) is 9.84. The van der Waals surface area contributed by atoms with E-state index in [-0.39, 0.29) is 0 Å². The highest BCUT2D eigenvalue weighted by atomic mass is 79.9. The first-order valence-corrected chi connectivity index (χ1v) is 6.14. The molecule has 3 rings (SSSR count). The number of fused-ring (bicyclic) bond motifs is 1. The summed E-state index contributed by atoms with van der Waals surface area (Å²) in [4.78, 5) is 1.46. The van der Waals surface area contributed by atoms with Crippen molar-refractivity contribution in [2.24, 2.45) is 0 Å². The van der Waals surface area contributed by atoms with E-state index < -0.39 is 6.69 Å². The van der Waals surface area contributed by atoms with Crippen molar-refractivity contribution in [2.45, 2.75) is 0 Å². The summed E-state index contributed by atoms with van der Waals surface area (Å²) in [6, 6.07) is 8.29. The smallest absolute Gasteiger partial charge is 0.501 e. The second kappa shape index (κ2) is 3.59. The normalized spacial score (nSPS) is 34.3. The Bertz CT molecular complexity index is 360. The number of hydrogen-bond acceptors (Lipinski definition) is 2. The van der Waals surface area contributed by atoms with Crippen LogP contribution in [0.4, 0.5) is 0 Å². The Morgan fingerprint density at radius 3 is 2.27 bits per heavy atom. The topological polar surface area (TPSA) is 22.9 Å². The molecule has 1 aromatic rings. The van der Waals surface area contributed by atoms with E-state index in [0.717, 1.165) is 30.8 Å². The van der Waals surface area contributed by atoms with Crippen LogP contribution in [0.1, 0.15) is 0 Å². The lowest BCUT2D eigenvalue weighted by Crippen LogP contribution is -3.21. The zero-order valence-electron chi connectivity index (χ0n) is 8.41. The third kappa shape index (κ3) is 1.46. The van der Waals surface area contributed by atoms with E-state index in [1.807, 2.05) is 12.1 Å². The van der Waals surface area contributed by atoms with Crippen molar-refractivity contribution < 1.29 is 14.1 Å². The van der Waals surface area contributed by atoms with Gasteiger partial charge in [-0.05, 0) is 0 Å². The maximum absolute atomic E-state index is 5.88. The minimum absolute atomic E-state index is 0.811. The van der Waals surface area contributed by atoms with Crippen molar-refractivity contribution in [1.29, 1.82) is 0 Å². The predicted molar refractivity (Wildman–Crippen MR) is 62.1 cm³/mol. The Balaban J connectivity index is 2.01. The highest BCUT2D eigenvalue weighted by Gasteiger charge is 2.50. The van der Waals surface area contributed by atoms with Gasteiger partial charge in [0, 0.05) is 4.47 Å². The van der Waals surface area contributed by atoms with E-state index in [2.05, 4.69) is 28.1 Å². The largest absolute Gasteiger partial charge is 0.505 e. The Hall–Kier alpha value is -0.355. The predicted octanol–water partition coefficient (Wildman–Crippen LogP) is -0.460. The minimum Gasteiger partial charge on any atom is -0.505 e. The third-order valence-electron chi connectivity index (χ3n) is 3.40. The fourth-order valence-electron chi connectivity index (χ4n) is 2.65. The van der Waals surface area contributed by atoms with Crippen molar-refractivity contribution in [2.75, 3.05) is 26.3 Å². The van der Waals surface area contributed by atoms with Gasteiger partial charge in [-0.1, -0.05) is 45.7 Å². The highest BCUT2D eigenvalue weighted by molar-refractivity contribution is 9.10. The molecular weight excluding hydrogens is 257 g/mol. The van der Waals surface area contributed by atoms with Gasteiger partial charge in [0.15, 0.2) is 0 Å². The quantitative estimate of drug-likeness (QED) is 0.698. The summed E-state index contributed by atoms with van der Waals surface area (Å²) in [5, 5.41) is 0. The monoisotopic (exact) mass is 269 g/mol. The molecular formula is C10H13BBrNO2. The van der Waals surface area contributed by atoms with Gasteiger partial charge >= 0.3 is 6.69 Å². The Morgan fingerprint density at radius 2 is 1.67 bits per heavy atom. The van der Waals surface area contributed by atoms with Crippen molar-refractivity contribution in [3.05, 3.63) is 28.7 Å². The molecule has 0 amide bonds. The van der Waals surface area contributed by atoms with Gasteiger partial charge in [-0.25, -0.2) is 0 Å². The highest BCUT2D eigenvalue weighted by Crippen LogP contribution is 2.12. The second-order valence-electron chi connectivity index (χ2n) is 4.16. The summed E-state index contributed by atoms with van der Waals surface area (Å²) >= 11 is 3.44. The van der Waals surface area contributed by atoms with Crippen LogP contribution in [0.3, 0.4) is 0 Å². The number of hydrogen-bond donors (Lipinski definition) is 1. The molecule has 5 heteroatoms. The fourth-order valence-corrected chi connectivity index (χ4v) is 2.91. The van der Waals surface area contributed by atoms with Crippen molar-refractivity contribution in [1.82, 2.24) is 0 Å². The van der Waals surface area contributed by atoms with Crippen LogP contribution in [-0.2, 0) is 9.31 Å². The molecule has 2 heterocycles. The van der Waals surface area contributed by atoms with Gasteiger partial charge in [-0.3, -0.25) is 0 Å². The lowest BCUT2D eigenvalue weighted by atomic mass is 9.63. The fraction of sp³-hybridized carbons (Fsp3) is 0.400. The van der Waals surface area contributed by atoms with Crippen LogP contribution in [0, 0.1) is 0 Å². The second-order valence-corrected chi connectivity index (χ2v) is 5.08. The molecule has 15 heavy (non-hydrogen) atoms. The first-order valence-electron chi connectivity index (χ1n) is 5.34. The van der Waals surface area contributed by atoms with Crippen LogP contribution in [0.5, 0.6) is 0 Å². The number of halogens is 1. The van der Waals surface area contributed by atoms with Gasteiger partial charge in [-0.15, -0.1) is 0 Å². The van der Waals surface area contributed by atoms with Gasteiger partial charge in [0.25, 0.3) is 0 Å². The molecule has 80 valence electrons. The number of rotatable bonds is 1. The average Bonchev–Trinajstić information content (AvgIpc) is 2.77. The van der Waals surface area contributed by atoms with E-state index >= 15 is 0 Å². The van der Waals surface area contributed by atoms with Gasteiger partial charge in [0.05, 0.1) is 26.3 Å². The molecule has 2 saturated heterocycles. The summed E-state index contributed by atoms with van der Waals surface area (Å²) in [7, 11) is 0. The maximum atomic E-state index is 5.88. The van der Waals surface area contributed by atoms with E-state index in [4.69, 9.17) is 9.31 Å². The molecule has 0 bridgehead atoms. The van der Waals surface area contributed by atoms with Crippen LogP contribution in [-0.4, -0.2) is 33.0 Å². The lowest BCUT2D eigenvalue weighted by molar-refractivity contribution is -0.781. The van der Waals surface area contributed by atoms with Crippen LogP contribution in [0.2, 0.25) is 0 Å². The summed E-state index contributed by atoms with van der Waals surface area (Å²) in [5.41, 5.74) is 1.18. The maximum Gasteiger partial charge on any atom is 0.501 e. The van der Waals surface area contributed by atoms with E-state index in [9.17, 15) is 0 Å². The third-order valence-corrected chi connectivity index (χ3v) is 3.93. The van der Waals surface area contributed by atoms with Crippen LogP contribution >= 0.6 is 15.9 Å². The summed E-state index contributed by atoms with van der Waals surface area (Å²) in [5.74, 6) is 0. The Kier molecular flexibility index (Phi) is 2.36. The van der Waals surface area contributed by atoms with Crippen LogP contribution in [0.25, 0.3) is 0 Å². The molecule has 0 unspecified atom stereocenters. The summed E-state index contributed by atoms with van der Waals surface area (Å²) in [6.07, 6.45) is 0. The molecule has 1 N–H and O–H groups in total. The van der Waals surface area contributed by atoms with Gasteiger partial charge in [-0.2, -0.15) is 0 Å². The SMILES string of the molecule is Brc1ccc([B-]23OCC[NH+]2CCO3)cc1. The van der Waals surface area contributed by atoms with E-state index in [1.54, 1.807) is 0 Å². The molecule has 0 radical (unpaired) electrons. The molecule has 0 aliphatic carbocycles. The molecule has 2 fully saturated rings. The molecule has 3 nitrogen and oxygen atoms in total. The molecule has 0 atom stereocenters. The van der Waals surface area contributed by atoms with Crippen molar-refractivity contribution in [3.63, 3.8) is 0 Å². The lowest BCUT2D eigenvalue weighted by Gasteiger charge is -2.31. The molecule has 2 aliphatic heterocycles.